The molecular formula is C19H23N5O2. The van der Waals surface area contributed by atoms with Crippen LogP contribution < -0.4 is 15.5 Å². The van der Waals surface area contributed by atoms with E-state index in [1.807, 2.05) is 18.2 Å². The fourth-order valence-electron chi connectivity index (χ4n) is 2.90. The summed E-state index contributed by atoms with van der Waals surface area (Å²) >= 11 is 0. The Labute approximate surface area is 152 Å². The van der Waals surface area contributed by atoms with Gasteiger partial charge in [-0.25, -0.2) is 9.97 Å². The number of aromatic nitrogens is 2. The molecule has 2 aromatic rings. The summed E-state index contributed by atoms with van der Waals surface area (Å²) in [5, 5.41) is 5.55. The van der Waals surface area contributed by atoms with Crippen molar-refractivity contribution in [1.82, 2.24) is 20.6 Å². The Morgan fingerprint density at radius 2 is 1.62 bits per heavy atom. The molecule has 26 heavy (non-hydrogen) atoms. The van der Waals surface area contributed by atoms with E-state index in [-0.39, 0.29) is 11.8 Å². The first kappa shape index (κ1) is 17.8. The highest BCUT2D eigenvalue weighted by atomic mass is 16.2. The zero-order valence-electron chi connectivity index (χ0n) is 14.6. The van der Waals surface area contributed by atoms with Crippen LogP contribution in [0.2, 0.25) is 0 Å². The molecule has 7 heteroatoms. The largest absolute Gasteiger partial charge is 0.357 e. The van der Waals surface area contributed by atoms with Crippen molar-refractivity contribution in [3.63, 3.8) is 0 Å². The summed E-state index contributed by atoms with van der Waals surface area (Å²) in [5.74, 6) is 0.371. The van der Waals surface area contributed by atoms with Gasteiger partial charge in [0.2, 0.25) is 0 Å². The lowest BCUT2D eigenvalue weighted by molar-refractivity contribution is 0.0925. The third-order valence-electron chi connectivity index (χ3n) is 4.30. The predicted molar refractivity (Wildman–Crippen MR) is 99.2 cm³/mol. The molecule has 3 rings (SSSR count). The fraction of sp³-hybridized carbons (Fsp3) is 0.368. The molecule has 0 saturated carbocycles. The van der Waals surface area contributed by atoms with Crippen LogP contribution >= 0.6 is 0 Å². The minimum atomic E-state index is -0.264. The highest BCUT2D eigenvalue weighted by molar-refractivity contribution is 5.94. The monoisotopic (exact) mass is 353 g/mol. The molecule has 0 aliphatic carbocycles. The average molecular weight is 353 g/mol. The van der Waals surface area contributed by atoms with E-state index in [4.69, 9.17) is 0 Å². The number of benzene rings is 1. The molecule has 0 bridgehead atoms. The van der Waals surface area contributed by atoms with Crippen molar-refractivity contribution >= 4 is 17.6 Å². The molecule has 1 aliphatic rings. The molecule has 2 heterocycles. The van der Waals surface area contributed by atoms with Crippen molar-refractivity contribution in [3.05, 3.63) is 54.0 Å². The zero-order chi connectivity index (χ0) is 18.2. The van der Waals surface area contributed by atoms with E-state index in [0.717, 1.165) is 31.7 Å². The maximum absolute atomic E-state index is 12.3. The van der Waals surface area contributed by atoms with Crippen LogP contribution in [-0.2, 0) is 0 Å². The number of nitrogens with zero attached hydrogens (tertiary/aromatic N) is 3. The molecule has 0 atom stereocenters. The quantitative estimate of drug-likeness (QED) is 0.771. The summed E-state index contributed by atoms with van der Waals surface area (Å²) in [6.45, 7) is 2.61. The third kappa shape index (κ3) is 4.78. The molecule has 0 unspecified atom stereocenters. The summed E-state index contributed by atoms with van der Waals surface area (Å²) in [6.07, 6.45) is 4.96. The van der Waals surface area contributed by atoms with E-state index >= 15 is 0 Å². The van der Waals surface area contributed by atoms with Gasteiger partial charge in [0.15, 0.2) is 0 Å². The first-order chi connectivity index (χ1) is 12.7. The second-order valence-electron chi connectivity index (χ2n) is 6.19. The predicted octanol–water partition coefficient (Wildman–Crippen LogP) is 1.63. The van der Waals surface area contributed by atoms with E-state index in [1.165, 1.54) is 12.7 Å². The minimum absolute atomic E-state index is 0.158. The minimum Gasteiger partial charge on any atom is -0.357 e. The molecule has 2 N–H and O–H groups in total. The molecular weight excluding hydrogens is 330 g/mol. The van der Waals surface area contributed by atoms with Gasteiger partial charge in [0, 0.05) is 37.8 Å². The molecule has 1 aromatic carbocycles. The maximum Gasteiger partial charge on any atom is 0.270 e. The van der Waals surface area contributed by atoms with Crippen molar-refractivity contribution in [2.75, 3.05) is 31.1 Å². The molecule has 136 valence electrons. The van der Waals surface area contributed by atoms with Crippen molar-refractivity contribution < 1.29 is 9.59 Å². The number of nitrogens with one attached hydrogen (secondary N) is 2. The Hall–Kier alpha value is -2.96. The molecule has 1 aromatic heterocycles. The maximum atomic E-state index is 12.3. The van der Waals surface area contributed by atoms with Gasteiger partial charge in [0.05, 0.1) is 0 Å². The Bertz CT molecular complexity index is 745. The van der Waals surface area contributed by atoms with Crippen molar-refractivity contribution in [3.8, 4) is 0 Å². The van der Waals surface area contributed by atoms with E-state index in [9.17, 15) is 9.59 Å². The van der Waals surface area contributed by atoms with Crippen LogP contribution in [0.1, 0.15) is 40.1 Å². The number of hydrogen-bond donors (Lipinski definition) is 2. The van der Waals surface area contributed by atoms with Gasteiger partial charge in [0.1, 0.15) is 17.8 Å². The van der Waals surface area contributed by atoms with E-state index in [2.05, 4.69) is 25.5 Å². The van der Waals surface area contributed by atoms with Crippen LogP contribution in [-0.4, -0.2) is 48.0 Å². The number of amides is 2. The third-order valence-corrected chi connectivity index (χ3v) is 4.30. The van der Waals surface area contributed by atoms with Crippen molar-refractivity contribution in [2.45, 2.75) is 19.3 Å². The van der Waals surface area contributed by atoms with Gasteiger partial charge in [0.25, 0.3) is 11.8 Å². The molecule has 2 amide bonds. The fourth-order valence-corrected chi connectivity index (χ4v) is 2.90. The highest BCUT2D eigenvalue weighted by Gasteiger charge is 2.15. The lowest BCUT2D eigenvalue weighted by Gasteiger charge is -2.27. The normalized spacial score (nSPS) is 13.9. The Kier molecular flexibility index (Phi) is 6.14. The number of hydrogen-bond acceptors (Lipinski definition) is 5. The van der Waals surface area contributed by atoms with E-state index in [1.54, 1.807) is 18.2 Å². The smallest absolute Gasteiger partial charge is 0.270 e. The number of piperidine rings is 1. The first-order valence-corrected chi connectivity index (χ1v) is 8.92. The van der Waals surface area contributed by atoms with Crippen LogP contribution in [0, 0.1) is 0 Å². The molecule has 7 nitrogen and oxygen atoms in total. The Morgan fingerprint density at radius 3 is 2.35 bits per heavy atom. The summed E-state index contributed by atoms with van der Waals surface area (Å²) in [4.78, 5) is 34.7. The van der Waals surface area contributed by atoms with Crippen LogP contribution in [0.15, 0.2) is 42.7 Å². The summed E-state index contributed by atoms with van der Waals surface area (Å²) in [6, 6.07) is 10.7. The lowest BCUT2D eigenvalue weighted by atomic mass is 10.1. The SMILES string of the molecule is O=C(NCCNC(=O)c1cc(N2CCCCC2)ncn1)c1ccccc1. The highest BCUT2D eigenvalue weighted by Crippen LogP contribution is 2.17. The molecule has 1 aliphatic heterocycles. The number of anilines is 1. The summed E-state index contributed by atoms with van der Waals surface area (Å²) < 4.78 is 0. The number of carbonyl (C=O) groups excluding carboxylic acids is 2. The van der Waals surface area contributed by atoms with Crippen LogP contribution in [0.25, 0.3) is 0 Å². The number of carbonyl (C=O) groups is 2. The zero-order valence-corrected chi connectivity index (χ0v) is 14.6. The standard InChI is InChI=1S/C19H23N5O2/c25-18(15-7-3-1-4-8-15)20-9-10-21-19(26)16-13-17(23-14-22-16)24-11-5-2-6-12-24/h1,3-4,7-8,13-14H,2,5-6,9-12H2,(H,20,25)(H,21,26). The van der Waals surface area contributed by atoms with Crippen LogP contribution in [0.4, 0.5) is 5.82 Å². The first-order valence-electron chi connectivity index (χ1n) is 8.92. The van der Waals surface area contributed by atoms with Gasteiger partial charge < -0.3 is 15.5 Å². The van der Waals surface area contributed by atoms with Crippen LogP contribution in [0.3, 0.4) is 0 Å². The topological polar surface area (TPSA) is 87.2 Å². The number of rotatable bonds is 6. The Balaban J connectivity index is 1.47. The van der Waals surface area contributed by atoms with Gasteiger partial charge in [-0.1, -0.05) is 18.2 Å². The van der Waals surface area contributed by atoms with Gasteiger partial charge >= 0.3 is 0 Å². The molecule has 0 radical (unpaired) electrons. The van der Waals surface area contributed by atoms with Gasteiger partial charge in [-0.2, -0.15) is 0 Å². The van der Waals surface area contributed by atoms with E-state index < -0.39 is 0 Å². The molecule has 1 saturated heterocycles. The van der Waals surface area contributed by atoms with Crippen molar-refractivity contribution in [1.29, 1.82) is 0 Å². The molecule has 1 fully saturated rings. The van der Waals surface area contributed by atoms with Gasteiger partial charge in [-0.05, 0) is 31.4 Å². The van der Waals surface area contributed by atoms with Gasteiger partial charge in [-0.15, -0.1) is 0 Å². The Morgan fingerprint density at radius 1 is 0.923 bits per heavy atom. The van der Waals surface area contributed by atoms with Crippen molar-refractivity contribution in [2.24, 2.45) is 0 Å². The summed E-state index contributed by atoms with van der Waals surface area (Å²) in [5.41, 5.74) is 0.941. The summed E-state index contributed by atoms with van der Waals surface area (Å²) in [7, 11) is 0. The molecule has 0 spiro atoms. The van der Waals surface area contributed by atoms with Crippen LogP contribution in [0.5, 0.6) is 0 Å². The van der Waals surface area contributed by atoms with Gasteiger partial charge in [-0.3, -0.25) is 9.59 Å². The average Bonchev–Trinajstić information content (AvgIpc) is 2.72. The van der Waals surface area contributed by atoms with E-state index in [0.29, 0.717) is 24.3 Å². The second-order valence-corrected chi connectivity index (χ2v) is 6.19. The lowest BCUT2D eigenvalue weighted by Crippen LogP contribution is -2.35. The second kappa shape index (κ2) is 8.94.